The van der Waals surface area contributed by atoms with E-state index >= 15 is 0 Å². The van der Waals surface area contributed by atoms with Gasteiger partial charge < -0.3 is 5.32 Å². The van der Waals surface area contributed by atoms with Crippen molar-refractivity contribution in [1.82, 2.24) is 10.3 Å². The molecule has 0 bridgehead atoms. The molecule has 2 aromatic rings. The number of halogens is 2. The lowest BCUT2D eigenvalue weighted by Gasteiger charge is -2.06. The molecule has 0 aliphatic heterocycles. The van der Waals surface area contributed by atoms with Crippen LogP contribution in [0, 0.1) is 5.82 Å². The highest BCUT2D eigenvalue weighted by Crippen LogP contribution is 2.19. The molecule has 0 atom stereocenters. The van der Waals surface area contributed by atoms with E-state index < -0.39 is 0 Å². The van der Waals surface area contributed by atoms with Gasteiger partial charge in [-0.15, -0.1) is 11.8 Å². The Labute approximate surface area is 131 Å². The molecule has 1 N–H and O–H groups in total. The van der Waals surface area contributed by atoms with Gasteiger partial charge in [0.05, 0.1) is 5.75 Å². The van der Waals surface area contributed by atoms with Gasteiger partial charge in [-0.3, -0.25) is 9.78 Å². The van der Waals surface area contributed by atoms with Crippen molar-refractivity contribution in [2.75, 3.05) is 5.75 Å². The Morgan fingerprint density at radius 3 is 2.76 bits per heavy atom. The topological polar surface area (TPSA) is 42.0 Å². The minimum Gasteiger partial charge on any atom is -0.351 e. The third-order valence-corrected chi connectivity index (χ3v) is 3.96. The number of nitrogens with one attached hydrogen (secondary N) is 1. The molecule has 0 radical (unpaired) electrons. The van der Waals surface area contributed by atoms with Gasteiger partial charge in [0.1, 0.15) is 5.82 Å². The van der Waals surface area contributed by atoms with Crippen molar-refractivity contribution in [3.63, 3.8) is 0 Å². The first-order valence-electron chi connectivity index (χ1n) is 6.32. The molecule has 0 saturated heterocycles. The Bertz CT molecular complexity index is 610. The zero-order valence-electron chi connectivity index (χ0n) is 11.2. The van der Waals surface area contributed by atoms with Crippen LogP contribution in [0.15, 0.2) is 42.7 Å². The molecule has 110 valence electrons. The number of carbonyl (C=O) groups is 1. The number of thioether (sulfide) groups is 1. The standard InChI is InChI=1S/C15H14ClFN2OS/c16-13-2-1-12(14(17)7-13)9-21-10-15(20)19-8-11-3-5-18-6-4-11/h1-7H,8-10H2,(H,19,20). The van der Waals surface area contributed by atoms with E-state index in [1.807, 2.05) is 12.1 Å². The summed E-state index contributed by atoms with van der Waals surface area (Å²) in [4.78, 5) is 15.6. The van der Waals surface area contributed by atoms with E-state index in [1.54, 1.807) is 24.5 Å². The second kappa shape index (κ2) is 8.00. The molecule has 6 heteroatoms. The maximum absolute atomic E-state index is 13.5. The van der Waals surface area contributed by atoms with Gasteiger partial charge in [0, 0.05) is 29.7 Å². The Morgan fingerprint density at radius 2 is 2.05 bits per heavy atom. The molecule has 0 saturated carbocycles. The molecule has 1 heterocycles. The lowest BCUT2D eigenvalue weighted by atomic mass is 10.2. The molecule has 1 aromatic heterocycles. The van der Waals surface area contributed by atoms with Crippen LogP contribution in [0.1, 0.15) is 11.1 Å². The van der Waals surface area contributed by atoms with Gasteiger partial charge in [-0.1, -0.05) is 17.7 Å². The number of hydrogen-bond acceptors (Lipinski definition) is 3. The summed E-state index contributed by atoms with van der Waals surface area (Å²) in [6.07, 6.45) is 3.36. The number of nitrogens with zero attached hydrogens (tertiary/aromatic N) is 1. The molecule has 0 fully saturated rings. The number of aromatic nitrogens is 1. The zero-order chi connectivity index (χ0) is 15.1. The number of rotatable bonds is 6. The van der Waals surface area contributed by atoms with Crippen molar-refractivity contribution in [1.29, 1.82) is 0 Å². The van der Waals surface area contributed by atoms with Gasteiger partial charge >= 0.3 is 0 Å². The van der Waals surface area contributed by atoms with Gasteiger partial charge in [0.2, 0.25) is 5.91 Å². The first-order chi connectivity index (χ1) is 10.1. The Balaban J connectivity index is 1.72. The Hall–Kier alpha value is -1.59. The van der Waals surface area contributed by atoms with E-state index in [-0.39, 0.29) is 17.5 Å². The third kappa shape index (κ3) is 5.36. The van der Waals surface area contributed by atoms with Crippen molar-refractivity contribution in [2.45, 2.75) is 12.3 Å². The van der Waals surface area contributed by atoms with E-state index in [0.29, 0.717) is 22.9 Å². The van der Waals surface area contributed by atoms with Crippen LogP contribution in [-0.4, -0.2) is 16.6 Å². The summed E-state index contributed by atoms with van der Waals surface area (Å²) >= 11 is 7.05. The van der Waals surface area contributed by atoms with Crippen LogP contribution in [0.5, 0.6) is 0 Å². The summed E-state index contributed by atoms with van der Waals surface area (Å²) in [7, 11) is 0. The summed E-state index contributed by atoms with van der Waals surface area (Å²) in [6.45, 7) is 0.469. The van der Waals surface area contributed by atoms with Crippen LogP contribution in [0.25, 0.3) is 0 Å². The van der Waals surface area contributed by atoms with Crippen molar-refractivity contribution < 1.29 is 9.18 Å². The first kappa shape index (κ1) is 15.8. The fourth-order valence-corrected chi connectivity index (χ4v) is 2.65. The van der Waals surface area contributed by atoms with Crippen LogP contribution < -0.4 is 5.32 Å². The lowest BCUT2D eigenvalue weighted by molar-refractivity contribution is -0.118. The first-order valence-corrected chi connectivity index (χ1v) is 7.85. The van der Waals surface area contributed by atoms with Crippen LogP contribution >= 0.6 is 23.4 Å². The van der Waals surface area contributed by atoms with Gasteiger partial charge in [0.15, 0.2) is 0 Å². The smallest absolute Gasteiger partial charge is 0.230 e. The average Bonchev–Trinajstić information content (AvgIpc) is 2.48. The maximum atomic E-state index is 13.5. The maximum Gasteiger partial charge on any atom is 0.230 e. The molecule has 3 nitrogen and oxygen atoms in total. The molecule has 1 amide bonds. The second-order valence-corrected chi connectivity index (χ2v) is 5.78. The van der Waals surface area contributed by atoms with E-state index in [1.165, 1.54) is 17.8 Å². The molecular formula is C15H14ClFN2OS. The quantitative estimate of drug-likeness (QED) is 0.885. The minimum atomic E-state index is -0.341. The average molecular weight is 325 g/mol. The molecule has 0 aliphatic rings. The van der Waals surface area contributed by atoms with Crippen molar-refractivity contribution in [2.24, 2.45) is 0 Å². The van der Waals surface area contributed by atoms with Crippen LogP contribution in [0.2, 0.25) is 5.02 Å². The molecule has 0 unspecified atom stereocenters. The summed E-state index contributed by atoms with van der Waals surface area (Å²) in [5.74, 6) is 0.303. The minimum absolute atomic E-state index is 0.0776. The van der Waals surface area contributed by atoms with E-state index in [0.717, 1.165) is 5.56 Å². The summed E-state index contributed by atoms with van der Waals surface area (Å²) in [5.41, 5.74) is 1.54. The molecule has 2 rings (SSSR count). The zero-order valence-corrected chi connectivity index (χ0v) is 12.8. The second-order valence-electron chi connectivity index (χ2n) is 4.36. The Kier molecular flexibility index (Phi) is 6.02. The van der Waals surface area contributed by atoms with Gasteiger partial charge in [-0.25, -0.2) is 4.39 Å². The van der Waals surface area contributed by atoms with Crippen LogP contribution in [0.4, 0.5) is 4.39 Å². The van der Waals surface area contributed by atoms with Crippen molar-refractivity contribution >= 4 is 29.3 Å². The highest BCUT2D eigenvalue weighted by molar-refractivity contribution is 7.99. The largest absolute Gasteiger partial charge is 0.351 e. The molecule has 0 spiro atoms. The van der Waals surface area contributed by atoms with E-state index in [4.69, 9.17) is 11.6 Å². The van der Waals surface area contributed by atoms with Crippen LogP contribution in [-0.2, 0) is 17.1 Å². The molecular weight excluding hydrogens is 311 g/mol. The van der Waals surface area contributed by atoms with Crippen molar-refractivity contribution in [3.05, 3.63) is 64.7 Å². The molecule has 1 aromatic carbocycles. The number of amides is 1. The summed E-state index contributed by atoms with van der Waals surface area (Å²) in [6, 6.07) is 8.25. The monoisotopic (exact) mass is 324 g/mol. The number of pyridine rings is 1. The summed E-state index contributed by atoms with van der Waals surface area (Å²) < 4.78 is 13.5. The fraction of sp³-hybridized carbons (Fsp3) is 0.200. The number of benzene rings is 1. The van der Waals surface area contributed by atoms with Gasteiger partial charge in [-0.2, -0.15) is 0 Å². The van der Waals surface area contributed by atoms with E-state index in [2.05, 4.69) is 10.3 Å². The highest BCUT2D eigenvalue weighted by Gasteiger charge is 2.06. The Morgan fingerprint density at radius 1 is 1.29 bits per heavy atom. The molecule has 0 aliphatic carbocycles. The lowest BCUT2D eigenvalue weighted by Crippen LogP contribution is -2.24. The number of hydrogen-bond donors (Lipinski definition) is 1. The van der Waals surface area contributed by atoms with Crippen LogP contribution in [0.3, 0.4) is 0 Å². The predicted molar refractivity (Wildman–Crippen MR) is 83.7 cm³/mol. The summed E-state index contributed by atoms with van der Waals surface area (Å²) in [5, 5.41) is 3.18. The number of carbonyl (C=O) groups excluding carboxylic acids is 1. The fourth-order valence-electron chi connectivity index (χ4n) is 1.64. The SMILES string of the molecule is O=C(CSCc1ccc(Cl)cc1F)NCc1ccncc1. The molecule has 21 heavy (non-hydrogen) atoms. The van der Waals surface area contributed by atoms with Gasteiger partial charge in [-0.05, 0) is 35.4 Å². The van der Waals surface area contributed by atoms with E-state index in [9.17, 15) is 9.18 Å². The van der Waals surface area contributed by atoms with Gasteiger partial charge in [0.25, 0.3) is 0 Å². The highest BCUT2D eigenvalue weighted by atomic mass is 35.5. The predicted octanol–water partition coefficient (Wildman–Crippen LogP) is 3.42. The van der Waals surface area contributed by atoms with Crippen molar-refractivity contribution in [3.8, 4) is 0 Å². The third-order valence-electron chi connectivity index (χ3n) is 2.74. The normalized spacial score (nSPS) is 10.4.